The molecule has 1 heterocycles. The van der Waals surface area contributed by atoms with E-state index in [1.54, 1.807) is 22.5 Å². The number of hydrogen-bond donors (Lipinski definition) is 1. The monoisotopic (exact) mass is 346 g/mol. The molecular weight excluding hydrogens is 328 g/mol. The summed E-state index contributed by atoms with van der Waals surface area (Å²) in [5.41, 5.74) is 6.15. The summed E-state index contributed by atoms with van der Waals surface area (Å²) in [7, 11) is -3.50. The Morgan fingerprint density at radius 3 is 2.68 bits per heavy atom. The van der Waals surface area contributed by atoms with Crippen LogP contribution in [-0.2, 0) is 10.0 Å². The molecule has 2 rings (SSSR count). The highest BCUT2D eigenvalue weighted by atomic mass is 79.9. The molecule has 0 aliphatic carbocycles. The molecule has 0 saturated carbocycles. The van der Waals surface area contributed by atoms with Gasteiger partial charge in [0.05, 0.1) is 5.69 Å². The summed E-state index contributed by atoms with van der Waals surface area (Å²) in [6, 6.07) is 4.93. The third kappa shape index (κ3) is 2.80. The number of nitrogen functional groups attached to an aromatic ring is 1. The maximum atomic E-state index is 12.7. The molecule has 0 amide bonds. The van der Waals surface area contributed by atoms with Crippen LogP contribution in [0.15, 0.2) is 27.6 Å². The van der Waals surface area contributed by atoms with Crippen LogP contribution in [0.4, 0.5) is 5.69 Å². The quantitative estimate of drug-likeness (QED) is 0.837. The van der Waals surface area contributed by atoms with Crippen molar-refractivity contribution in [2.45, 2.75) is 37.6 Å². The van der Waals surface area contributed by atoms with E-state index in [4.69, 9.17) is 5.73 Å². The molecule has 6 heteroatoms. The first-order valence-electron chi connectivity index (χ1n) is 6.41. The zero-order valence-corrected chi connectivity index (χ0v) is 13.5. The van der Waals surface area contributed by atoms with Gasteiger partial charge in [-0.2, -0.15) is 4.31 Å². The summed E-state index contributed by atoms with van der Waals surface area (Å²) in [6.45, 7) is 4.64. The molecule has 0 radical (unpaired) electrons. The van der Waals surface area contributed by atoms with Crippen LogP contribution >= 0.6 is 15.9 Å². The summed E-state index contributed by atoms with van der Waals surface area (Å²) in [4.78, 5) is 0.205. The van der Waals surface area contributed by atoms with Crippen molar-refractivity contribution in [1.82, 2.24) is 4.31 Å². The highest BCUT2D eigenvalue weighted by molar-refractivity contribution is 9.10. The maximum Gasteiger partial charge on any atom is 0.245 e. The standard InChI is InChI=1S/C13H19BrN2O2S/c1-9-4-3-7-16(10(9)2)19(17,18)13-6-5-11(14)8-12(13)15/h5-6,8-10H,3-4,7,15H2,1-2H3. The molecule has 0 spiro atoms. The Morgan fingerprint density at radius 2 is 2.05 bits per heavy atom. The van der Waals surface area contributed by atoms with E-state index in [9.17, 15) is 8.42 Å². The highest BCUT2D eigenvalue weighted by Gasteiger charge is 2.35. The number of halogens is 1. The molecule has 1 aliphatic rings. The average molecular weight is 347 g/mol. The number of benzene rings is 1. The minimum atomic E-state index is -3.50. The molecule has 1 fully saturated rings. The van der Waals surface area contributed by atoms with Crippen molar-refractivity contribution in [3.8, 4) is 0 Å². The van der Waals surface area contributed by atoms with Gasteiger partial charge in [-0.05, 0) is 43.9 Å². The highest BCUT2D eigenvalue weighted by Crippen LogP contribution is 2.31. The van der Waals surface area contributed by atoms with Crippen molar-refractivity contribution < 1.29 is 8.42 Å². The lowest BCUT2D eigenvalue weighted by Gasteiger charge is -2.37. The fourth-order valence-electron chi connectivity index (χ4n) is 2.52. The van der Waals surface area contributed by atoms with Gasteiger partial charge in [-0.1, -0.05) is 22.9 Å². The number of rotatable bonds is 2. The van der Waals surface area contributed by atoms with Crippen molar-refractivity contribution in [1.29, 1.82) is 0 Å². The molecule has 4 nitrogen and oxygen atoms in total. The van der Waals surface area contributed by atoms with Crippen LogP contribution in [0.5, 0.6) is 0 Å². The Kier molecular flexibility index (Phi) is 4.23. The Hall–Kier alpha value is -0.590. The summed E-state index contributed by atoms with van der Waals surface area (Å²) in [5.74, 6) is 0.375. The Labute approximate surface area is 123 Å². The number of anilines is 1. The fourth-order valence-corrected chi connectivity index (χ4v) is 4.76. The fraction of sp³-hybridized carbons (Fsp3) is 0.538. The summed E-state index contributed by atoms with van der Waals surface area (Å²) >= 11 is 3.29. The second-order valence-electron chi connectivity index (χ2n) is 5.16. The van der Waals surface area contributed by atoms with Crippen LogP contribution in [0, 0.1) is 5.92 Å². The zero-order valence-electron chi connectivity index (χ0n) is 11.1. The average Bonchev–Trinajstić information content (AvgIpc) is 2.31. The van der Waals surface area contributed by atoms with Crippen molar-refractivity contribution in [3.63, 3.8) is 0 Å². The van der Waals surface area contributed by atoms with Gasteiger partial charge in [0.1, 0.15) is 4.90 Å². The summed E-state index contributed by atoms with van der Waals surface area (Å²) < 4.78 is 27.8. The van der Waals surface area contributed by atoms with E-state index in [2.05, 4.69) is 22.9 Å². The van der Waals surface area contributed by atoms with Gasteiger partial charge in [0, 0.05) is 17.1 Å². The minimum absolute atomic E-state index is 0.0156. The predicted octanol–water partition coefficient (Wildman–Crippen LogP) is 2.84. The van der Waals surface area contributed by atoms with Gasteiger partial charge in [0.15, 0.2) is 0 Å². The molecule has 2 atom stereocenters. The molecule has 0 bridgehead atoms. The Bertz CT molecular complexity index is 574. The van der Waals surface area contributed by atoms with Crippen LogP contribution in [0.3, 0.4) is 0 Å². The van der Waals surface area contributed by atoms with Crippen LogP contribution in [0.1, 0.15) is 26.7 Å². The third-order valence-electron chi connectivity index (χ3n) is 3.87. The van der Waals surface area contributed by atoms with Crippen molar-refractivity contribution >= 4 is 31.6 Å². The number of piperidine rings is 1. The first-order valence-corrected chi connectivity index (χ1v) is 8.64. The topological polar surface area (TPSA) is 63.4 Å². The SMILES string of the molecule is CC1CCCN(S(=O)(=O)c2ccc(Br)cc2N)C1C. The molecule has 1 aliphatic heterocycles. The van der Waals surface area contributed by atoms with Gasteiger partial charge < -0.3 is 5.73 Å². The number of sulfonamides is 1. The van der Waals surface area contributed by atoms with Crippen LogP contribution in [0.25, 0.3) is 0 Å². The molecule has 1 aromatic rings. The van der Waals surface area contributed by atoms with Crippen LogP contribution < -0.4 is 5.73 Å². The van der Waals surface area contributed by atoms with Crippen molar-refractivity contribution in [2.24, 2.45) is 5.92 Å². The molecule has 19 heavy (non-hydrogen) atoms. The minimum Gasteiger partial charge on any atom is -0.398 e. The third-order valence-corrected chi connectivity index (χ3v) is 6.43. The predicted molar refractivity (Wildman–Crippen MR) is 80.3 cm³/mol. The number of nitrogens with zero attached hydrogens (tertiary/aromatic N) is 1. The summed E-state index contributed by atoms with van der Waals surface area (Å²) in [5, 5.41) is 0. The van der Waals surface area contributed by atoms with Crippen LogP contribution in [-0.4, -0.2) is 25.3 Å². The Morgan fingerprint density at radius 1 is 1.37 bits per heavy atom. The van der Waals surface area contributed by atoms with E-state index in [0.717, 1.165) is 17.3 Å². The normalized spacial score (nSPS) is 25.4. The van der Waals surface area contributed by atoms with E-state index in [-0.39, 0.29) is 10.9 Å². The lowest BCUT2D eigenvalue weighted by Crippen LogP contribution is -2.46. The largest absolute Gasteiger partial charge is 0.398 e. The molecular formula is C13H19BrN2O2S. The second kappa shape index (κ2) is 5.42. The van der Waals surface area contributed by atoms with Crippen molar-refractivity contribution in [3.05, 3.63) is 22.7 Å². The van der Waals surface area contributed by atoms with E-state index in [1.165, 1.54) is 0 Å². The molecule has 0 aromatic heterocycles. The summed E-state index contributed by atoms with van der Waals surface area (Å²) in [6.07, 6.45) is 1.98. The van der Waals surface area contributed by atoms with Gasteiger partial charge in [-0.3, -0.25) is 0 Å². The maximum absolute atomic E-state index is 12.7. The smallest absolute Gasteiger partial charge is 0.245 e. The van der Waals surface area contributed by atoms with Gasteiger partial charge in [-0.15, -0.1) is 0 Å². The first kappa shape index (κ1) is 14.8. The molecule has 2 N–H and O–H groups in total. The van der Waals surface area contributed by atoms with E-state index in [0.29, 0.717) is 18.2 Å². The second-order valence-corrected chi connectivity index (χ2v) is 7.93. The van der Waals surface area contributed by atoms with E-state index in [1.807, 2.05) is 6.92 Å². The van der Waals surface area contributed by atoms with Gasteiger partial charge in [0.25, 0.3) is 0 Å². The zero-order chi connectivity index (χ0) is 14.2. The van der Waals surface area contributed by atoms with E-state index < -0.39 is 10.0 Å². The first-order chi connectivity index (χ1) is 8.84. The lowest BCUT2D eigenvalue weighted by atomic mass is 9.94. The van der Waals surface area contributed by atoms with Gasteiger partial charge in [-0.25, -0.2) is 8.42 Å². The van der Waals surface area contributed by atoms with Crippen molar-refractivity contribution in [2.75, 3.05) is 12.3 Å². The molecule has 1 aromatic carbocycles. The van der Waals surface area contributed by atoms with Gasteiger partial charge in [0.2, 0.25) is 10.0 Å². The number of nitrogens with two attached hydrogens (primary N) is 1. The molecule has 106 valence electrons. The van der Waals surface area contributed by atoms with E-state index >= 15 is 0 Å². The lowest BCUT2D eigenvalue weighted by molar-refractivity contribution is 0.202. The molecule has 2 unspecified atom stereocenters. The van der Waals surface area contributed by atoms with Crippen LogP contribution in [0.2, 0.25) is 0 Å². The number of hydrogen-bond acceptors (Lipinski definition) is 3. The molecule has 1 saturated heterocycles. The van der Waals surface area contributed by atoms with Gasteiger partial charge >= 0.3 is 0 Å². The Balaban J connectivity index is 2.41.